The van der Waals surface area contributed by atoms with E-state index in [0.29, 0.717) is 17.3 Å². The van der Waals surface area contributed by atoms with Gasteiger partial charge in [-0.15, -0.1) is 0 Å². The fraction of sp³-hybridized carbons (Fsp3) is 0.780. The van der Waals surface area contributed by atoms with Gasteiger partial charge in [0.25, 0.3) is 0 Å². The molecule has 0 radical (unpaired) electrons. The zero-order valence-corrected chi connectivity index (χ0v) is 35.7. The molecule has 1 aromatic carbocycles. The lowest BCUT2D eigenvalue weighted by Gasteiger charge is -2.58. The molecule has 3 heteroatoms. The van der Waals surface area contributed by atoms with E-state index in [1.807, 2.05) is 30.3 Å². The number of unbranched alkanes of at least 4 members (excludes halogenated alkanes) is 8. The Morgan fingerprint density at radius 1 is 0.830 bits per heavy atom. The predicted molar refractivity (Wildman–Crippen MR) is 227 cm³/mol. The van der Waals surface area contributed by atoms with Gasteiger partial charge in [0.1, 0.15) is 11.9 Å². The minimum Gasteiger partial charge on any atom is -0.494 e. The highest BCUT2D eigenvalue weighted by Gasteiger charge is 2.59. The second-order valence-electron chi connectivity index (χ2n) is 18.8. The first-order chi connectivity index (χ1) is 25.5. The Morgan fingerprint density at radius 2 is 1.53 bits per heavy atom. The van der Waals surface area contributed by atoms with Crippen LogP contribution in [0, 0.1) is 46.3 Å². The van der Waals surface area contributed by atoms with Crippen LogP contribution in [-0.4, -0.2) is 18.7 Å². The van der Waals surface area contributed by atoms with E-state index in [4.69, 9.17) is 9.47 Å². The van der Waals surface area contributed by atoms with Crippen LogP contribution in [0.15, 0.2) is 42.5 Å². The normalized spacial score (nSPS) is 29.5. The number of hydrogen-bond acceptors (Lipinski definition) is 3. The first-order valence-corrected chi connectivity index (χ1v) is 22.8. The molecule has 0 saturated heterocycles. The highest BCUT2D eigenvalue weighted by Crippen LogP contribution is 2.67. The number of ether oxygens (including phenoxy) is 2. The number of carbonyl (C=O) groups is 1. The molecule has 3 fully saturated rings. The van der Waals surface area contributed by atoms with Gasteiger partial charge < -0.3 is 9.47 Å². The van der Waals surface area contributed by atoms with Crippen LogP contribution in [-0.2, 0) is 9.53 Å². The van der Waals surface area contributed by atoms with Gasteiger partial charge in [-0.2, -0.15) is 0 Å². The maximum absolute atomic E-state index is 12.6. The van der Waals surface area contributed by atoms with Crippen LogP contribution >= 0.6 is 0 Å². The summed E-state index contributed by atoms with van der Waals surface area (Å²) in [7, 11) is 0. The average molecular weight is 731 g/mol. The van der Waals surface area contributed by atoms with Crippen molar-refractivity contribution >= 4 is 12.0 Å². The molecular formula is C50H82O3. The van der Waals surface area contributed by atoms with Gasteiger partial charge in [-0.05, 0) is 122 Å². The molecule has 1 aromatic rings. The van der Waals surface area contributed by atoms with Crippen molar-refractivity contribution in [2.75, 3.05) is 6.61 Å². The first-order valence-electron chi connectivity index (χ1n) is 22.8. The number of benzene rings is 1. The summed E-state index contributed by atoms with van der Waals surface area (Å²) in [5, 5.41) is 0. The number of fused-ring (bicyclic) bond motifs is 5. The molecule has 0 aliphatic heterocycles. The van der Waals surface area contributed by atoms with Crippen molar-refractivity contribution in [2.45, 2.75) is 196 Å². The molecule has 3 nitrogen and oxygen atoms in total. The summed E-state index contributed by atoms with van der Waals surface area (Å²) in [4.78, 5) is 12.6. The van der Waals surface area contributed by atoms with Gasteiger partial charge in [0.05, 0.1) is 6.61 Å². The lowest BCUT2D eigenvalue weighted by molar-refractivity contribution is -0.151. The highest BCUT2D eigenvalue weighted by atomic mass is 16.5. The molecule has 0 aromatic heterocycles. The summed E-state index contributed by atoms with van der Waals surface area (Å²) < 4.78 is 11.7. The maximum Gasteiger partial charge on any atom is 0.306 e. The van der Waals surface area contributed by atoms with Crippen LogP contribution in [0.3, 0.4) is 0 Å². The van der Waals surface area contributed by atoms with Crippen molar-refractivity contribution < 1.29 is 14.3 Å². The van der Waals surface area contributed by atoms with Crippen molar-refractivity contribution in [2.24, 2.45) is 46.3 Å². The third kappa shape index (κ3) is 12.2. The first kappa shape index (κ1) is 43.7. The Bertz CT molecular complexity index is 1250. The molecule has 0 heterocycles. The second kappa shape index (κ2) is 21.9. The monoisotopic (exact) mass is 731 g/mol. The molecule has 53 heavy (non-hydrogen) atoms. The zero-order valence-electron chi connectivity index (χ0n) is 35.7. The molecule has 0 unspecified atom stereocenters. The van der Waals surface area contributed by atoms with Crippen LogP contribution in [0.2, 0.25) is 0 Å². The van der Waals surface area contributed by atoms with E-state index >= 15 is 0 Å². The molecule has 4 aliphatic carbocycles. The van der Waals surface area contributed by atoms with Crippen molar-refractivity contribution in [1.82, 2.24) is 0 Å². The molecule has 300 valence electrons. The third-order valence-corrected chi connectivity index (χ3v) is 14.7. The van der Waals surface area contributed by atoms with Crippen molar-refractivity contribution in [3.05, 3.63) is 48.1 Å². The highest BCUT2D eigenvalue weighted by molar-refractivity contribution is 5.69. The number of carbonyl (C=O) groups excluding carboxylic acids is 1. The van der Waals surface area contributed by atoms with Gasteiger partial charge in [-0.1, -0.05) is 156 Å². The van der Waals surface area contributed by atoms with Gasteiger partial charge in [-0.3, -0.25) is 4.79 Å². The minimum atomic E-state index is 0.0522. The van der Waals surface area contributed by atoms with Crippen molar-refractivity contribution in [3.63, 3.8) is 0 Å². The van der Waals surface area contributed by atoms with Crippen LogP contribution in [0.25, 0.3) is 6.08 Å². The van der Waals surface area contributed by atoms with Crippen LogP contribution in [0.1, 0.15) is 195 Å². The summed E-state index contributed by atoms with van der Waals surface area (Å²) in [5.41, 5.74) is 3.67. The van der Waals surface area contributed by atoms with E-state index in [0.717, 1.165) is 79.1 Å². The van der Waals surface area contributed by atoms with Crippen molar-refractivity contribution in [3.8, 4) is 5.75 Å². The number of hydrogen-bond donors (Lipinski definition) is 0. The van der Waals surface area contributed by atoms with Crippen molar-refractivity contribution in [1.29, 1.82) is 0 Å². The van der Waals surface area contributed by atoms with Gasteiger partial charge in [-0.25, -0.2) is 0 Å². The fourth-order valence-corrected chi connectivity index (χ4v) is 11.5. The van der Waals surface area contributed by atoms with E-state index in [1.165, 1.54) is 109 Å². The van der Waals surface area contributed by atoms with Crippen LogP contribution < -0.4 is 4.74 Å². The molecule has 0 bridgehead atoms. The standard InChI is InChI=1S/C36H62O2.C14H20O/c1-7-8-9-10-11-12-16-34(37)38-29-21-23-35(5)28(25-29)17-18-30-32-20-19-31(27(4)15-13-14-26(2)3)36(32,6)24-22-33(30)35;1-3-5-6-7-12-15-14-10-8-13(4-2)9-11-14/h17,26-27,29-33H,7-16,18-25H2,1-6H3;4,8-11H,2-3,5-7,12H2,1H3/t27-,29+,30+,31-,32+,33+,35+,36-;/m1./s1. The Labute approximate surface area is 327 Å². The van der Waals surface area contributed by atoms with Crippen LogP contribution in [0.5, 0.6) is 5.75 Å². The summed E-state index contributed by atoms with van der Waals surface area (Å²) in [6.45, 7) is 21.6. The molecule has 5 rings (SSSR count). The van der Waals surface area contributed by atoms with Gasteiger partial charge in [0.2, 0.25) is 0 Å². The molecule has 0 spiro atoms. The molecule has 4 aliphatic rings. The topological polar surface area (TPSA) is 35.5 Å². The third-order valence-electron chi connectivity index (χ3n) is 14.7. The van der Waals surface area contributed by atoms with E-state index in [9.17, 15) is 4.79 Å². The quantitative estimate of drug-likeness (QED) is 0.0761. The van der Waals surface area contributed by atoms with E-state index in [-0.39, 0.29) is 12.1 Å². The number of rotatable bonds is 20. The molecule has 0 N–H and O–H groups in total. The smallest absolute Gasteiger partial charge is 0.306 e. The Hall–Kier alpha value is -2.03. The fourth-order valence-electron chi connectivity index (χ4n) is 11.5. The van der Waals surface area contributed by atoms with E-state index < -0.39 is 0 Å². The van der Waals surface area contributed by atoms with Gasteiger partial charge >= 0.3 is 5.97 Å². The minimum absolute atomic E-state index is 0.0522. The summed E-state index contributed by atoms with van der Waals surface area (Å²) in [5.74, 6) is 6.30. The predicted octanol–water partition coefficient (Wildman–Crippen LogP) is 15.0. The lowest BCUT2D eigenvalue weighted by Crippen LogP contribution is -2.51. The van der Waals surface area contributed by atoms with Gasteiger partial charge in [0.15, 0.2) is 0 Å². The van der Waals surface area contributed by atoms with Crippen LogP contribution in [0.4, 0.5) is 0 Å². The molecule has 8 atom stereocenters. The number of esters is 1. The van der Waals surface area contributed by atoms with E-state index in [1.54, 1.807) is 5.57 Å². The average Bonchev–Trinajstić information content (AvgIpc) is 3.51. The zero-order chi connectivity index (χ0) is 38.3. The molecule has 3 saturated carbocycles. The Balaban J connectivity index is 0.000000350. The summed E-state index contributed by atoms with van der Waals surface area (Å²) >= 11 is 0. The summed E-state index contributed by atoms with van der Waals surface area (Å²) in [6, 6.07) is 8.04. The SMILES string of the molecule is C=Cc1ccc(OCCCCCC)cc1.CCCCCCCCC(=O)O[C@H]1CC[C@@]2(C)C(=CC[C@H]3[C@@H]4CC[C@H]([C@H](C)CCCC(C)C)[C@@]4(C)CC[C@@H]32)C1. The largest absolute Gasteiger partial charge is 0.494 e. The molecular weight excluding hydrogens is 649 g/mol. The Kier molecular flexibility index (Phi) is 18.1. The Morgan fingerprint density at radius 3 is 2.23 bits per heavy atom. The van der Waals surface area contributed by atoms with E-state index in [2.05, 4.69) is 61.1 Å². The lowest BCUT2D eigenvalue weighted by atomic mass is 9.47. The maximum atomic E-state index is 12.6. The summed E-state index contributed by atoms with van der Waals surface area (Å²) in [6.07, 6.45) is 32.1. The second-order valence-corrected chi connectivity index (χ2v) is 18.8. The van der Waals surface area contributed by atoms with Gasteiger partial charge in [0, 0.05) is 12.8 Å². The molecule has 0 amide bonds. The number of allylic oxidation sites excluding steroid dienone is 1.